The van der Waals surface area contributed by atoms with Crippen molar-refractivity contribution >= 4 is 11.9 Å². The van der Waals surface area contributed by atoms with Crippen molar-refractivity contribution in [2.24, 2.45) is 0 Å². The SMILES string of the molecule is CC[C@H]1O[C@@H](n2cc(C)c(=O)[nH]c2=O)[C@@H](OC(=O)c2ccccc2)C1OC(=O)c1ccccc1. The Morgan fingerprint density at radius 1 is 0.912 bits per heavy atom. The highest BCUT2D eigenvalue weighted by Gasteiger charge is 2.50. The lowest BCUT2D eigenvalue weighted by Gasteiger charge is -2.25. The van der Waals surface area contributed by atoms with Crippen molar-refractivity contribution in [2.75, 3.05) is 0 Å². The van der Waals surface area contributed by atoms with Crippen LogP contribution in [-0.4, -0.2) is 39.8 Å². The number of aryl methyl sites for hydroxylation is 1. The van der Waals surface area contributed by atoms with Gasteiger partial charge in [0.15, 0.2) is 18.4 Å². The Bertz CT molecular complexity index is 1280. The van der Waals surface area contributed by atoms with Gasteiger partial charge in [0, 0.05) is 11.8 Å². The maximum atomic E-state index is 12.9. The fourth-order valence-corrected chi connectivity index (χ4v) is 3.84. The molecule has 34 heavy (non-hydrogen) atoms. The summed E-state index contributed by atoms with van der Waals surface area (Å²) in [5.74, 6) is -1.27. The van der Waals surface area contributed by atoms with Crippen molar-refractivity contribution in [3.63, 3.8) is 0 Å². The van der Waals surface area contributed by atoms with E-state index >= 15 is 0 Å². The molecule has 1 fully saturated rings. The number of carbonyl (C=O) groups is 2. The number of aromatic amines is 1. The average Bonchev–Trinajstić information content (AvgIpc) is 3.19. The number of nitrogens with zero attached hydrogens (tertiary/aromatic N) is 1. The fourth-order valence-electron chi connectivity index (χ4n) is 3.84. The molecular formula is C25H24N2O7. The summed E-state index contributed by atoms with van der Waals surface area (Å²) in [6.45, 7) is 3.37. The summed E-state index contributed by atoms with van der Waals surface area (Å²) in [7, 11) is 0. The molecule has 1 aliphatic heterocycles. The van der Waals surface area contributed by atoms with Gasteiger partial charge in [-0.2, -0.15) is 0 Å². The van der Waals surface area contributed by atoms with Gasteiger partial charge in [0.2, 0.25) is 0 Å². The van der Waals surface area contributed by atoms with Crippen LogP contribution in [-0.2, 0) is 14.2 Å². The highest BCUT2D eigenvalue weighted by molar-refractivity contribution is 5.90. The van der Waals surface area contributed by atoms with Gasteiger partial charge in [-0.1, -0.05) is 43.3 Å². The first-order valence-electron chi connectivity index (χ1n) is 10.9. The molecule has 0 saturated carbocycles. The third-order valence-corrected chi connectivity index (χ3v) is 5.61. The van der Waals surface area contributed by atoms with Crippen LogP contribution in [0.3, 0.4) is 0 Å². The number of nitrogens with one attached hydrogen (secondary N) is 1. The molecular weight excluding hydrogens is 440 g/mol. The molecule has 1 N–H and O–H groups in total. The molecule has 1 unspecified atom stereocenters. The van der Waals surface area contributed by atoms with Gasteiger partial charge in [0.05, 0.1) is 11.1 Å². The second-order valence-electron chi connectivity index (χ2n) is 7.92. The lowest BCUT2D eigenvalue weighted by molar-refractivity contribution is -0.0527. The first-order valence-corrected chi connectivity index (χ1v) is 10.9. The third-order valence-electron chi connectivity index (χ3n) is 5.61. The summed E-state index contributed by atoms with van der Waals surface area (Å²) in [6.07, 6.45) is -2.16. The Hall–Kier alpha value is -3.98. The zero-order chi connectivity index (χ0) is 24.2. The van der Waals surface area contributed by atoms with Crippen molar-refractivity contribution in [1.29, 1.82) is 0 Å². The quantitative estimate of drug-likeness (QED) is 0.557. The van der Waals surface area contributed by atoms with Crippen LogP contribution in [0.4, 0.5) is 0 Å². The normalized spacial score (nSPS) is 21.7. The number of H-pyrrole nitrogens is 1. The number of hydrogen-bond acceptors (Lipinski definition) is 7. The van der Waals surface area contributed by atoms with Crippen LogP contribution in [0.5, 0.6) is 0 Å². The van der Waals surface area contributed by atoms with Crippen LogP contribution in [0.25, 0.3) is 0 Å². The molecule has 4 atom stereocenters. The Balaban J connectivity index is 1.72. The molecule has 0 aliphatic carbocycles. The highest BCUT2D eigenvalue weighted by atomic mass is 16.6. The van der Waals surface area contributed by atoms with E-state index in [-0.39, 0.29) is 5.56 Å². The Kier molecular flexibility index (Phi) is 6.74. The molecule has 1 aliphatic rings. The average molecular weight is 464 g/mol. The molecule has 0 bridgehead atoms. The Morgan fingerprint density at radius 3 is 1.97 bits per heavy atom. The van der Waals surface area contributed by atoms with Gasteiger partial charge >= 0.3 is 17.6 Å². The minimum atomic E-state index is -1.15. The van der Waals surface area contributed by atoms with Crippen molar-refractivity contribution in [3.05, 3.63) is 104 Å². The zero-order valence-corrected chi connectivity index (χ0v) is 18.7. The number of benzene rings is 2. The summed E-state index contributed by atoms with van der Waals surface area (Å²) in [5.41, 5.74) is -0.373. The van der Waals surface area contributed by atoms with E-state index in [1.165, 1.54) is 6.20 Å². The molecule has 2 heterocycles. The monoisotopic (exact) mass is 464 g/mol. The van der Waals surface area contributed by atoms with E-state index in [1.54, 1.807) is 67.6 Å². The topological polar surface area (TPSA) is 117 Å². The zero-order valence-electron chi connectivity index (χ0n) is 18.7. The van der Waals surface area contributed by atoms with Gasteiger partial charge in [-0.15, -0.1) is 0 Å². The predicted octanol–water partition coefficient (Wildman–Crippen LogP) is 2.60. The minimum absolute atomic E-state index is 0.272. The number of rotatable bonds is 6. The van der Waals surface area contributed by atoms with E-state index in [1.807, 2.05) is 6.92 Å². The second kappa shape index (κ2) is 9.88. The van der Waals surface area contributed by atoms with Crippen LogP contribution in [0.15, 0.2) is 76.4 Å². The molecule has 176 valence electrons. The van der Waals surface area contributed by atoms with Crippen LogP contribution in [0, 0.1) is 6.92 Å². The summed E-state index contributed by atoms with van der Waals surface area (Å²) in [4.78, 5) is 52.5. The molecule has 0 amide bonds. The number of aromatic nitrogens is 2. The number of esters is 2. The van der Waals surface area contributed by atoms with Crippen molar-refractivity contribution in [2.45, 2.75) is 44.8 Å². The summed E-state index contributed by atoms with van der Waals surface area (Å²) >= 11 is 0. The second-order valence-corrected chi connectivity index (χ2v) is 7.92. The van der Waals surface area contributed by atoms with E-state index in [9.17, 15) is 19.2 Å². The molecule has 3 aromatic rings. The van der Waals surface area contributed by atoms with Crippen LogP contribution in [0.1, 0.15) is 45.9 Å². The highest BCUT2D eigenvalue weighted by Crippen LogP contribution is 2.35. The summed E-state index contributed by atoms with van der Waals surface area (Å²) in [6, 6.07) is 16.7. The lowest BCUT2D eigenvalue weighted by Crippen LogP contribution is -2.42. The van der Waals surface area contributed by atoms with Crippen LogP contribution in [0.2, 0.25) is 0 Å². The lowest BCUT2D eigenvalue weighted by atomic mass is 10.1. The number of hydrogen-bond donors (Lipinski definition) is 1. The van der Waals surface area contributed by atoms with E-state index in [0.717, 1.165) is 4.57 Å². The van der Waals surface area contributed by atoms with Crippen molar-refractivity contribution < 1.29 is 23.8 Å². The maximum Gasteiger partial charge on any atom is 0.338 e. The van der Waals surface area contributed by atoms with Gasteiger partial charge in [-0.25, -0.2) is 14.4 Å². The number of carbonyl (C=O) groups excluding carboxylic acids is 2. The molecule has 9 heteroatoms. The van der Waals surface area contributed by atoms with Crippen molar-refractivity contribution in [1.82, 2.24) is 9.55 Å². The first kappa shape index (κ1) is 23.2. The van der Waals surface area contributed by atoms with Gasteiger partial charge in [-0.05, 0) is 37.6 Å². The Morgan fingerprint density at radius 2 is 1.44 bits per heavy atom. The summed E-state index contributed by atoms with van der Waals surface area (Å²) < 4.78 is 18.8. The van der Waals surface area contributed by atoms with Gasteiger partial charge in [0.1, 0.15) is 6.10 Å². The largest absolute Gasteiger partial charge is 0.452 e. The molecule has 1 saturated heterocycles. The van der Waals surface area contributed by atoms with Crippen LogP contribution < -0.4 is 11.2 Å². The van der Waals surface area contributed by atoms with Gasteiger partial charge in [-0.3, -0.25) is 14.3 Å². The molecule has 4 rings (SSSR count). The van der Waals surface area contributed by atoms with E-state index < -0.39 is 47.7 Å². The van der Waals surface area contributed by atoms with E-state index in [2.05, 4.69) is 4.98 Å². The Labute approximate surface area is 194 Å². The van der Waals surface area contributed by atoms with Gasteiger partial charge in [0.25, 0.3) is 5.56 Å². The maximum absolute atomic E-state index is 12.9. The fraction of sp³-hybridized carbons (Fsp3) is 0.280. The van der Waals surface area contributed by atoms with Gasteiger partial charge < -0.3 is 14.2 Å². The molecule has 2 aromatic carbocycles. The standard InChI is InChI=1S/C25H24N2O7/c1-3-18-19(33-23(29)16-10-6-4-7-11-16)20(34-24(30)17-12-8-5-9-13-17)22(32-18)27-14-15(2)21(28)26-25(27)31/h4-14,18-20,22H,3H2,1-2H3,(H,26,28,31)/t18-,19?,20+,22-/m1/s1. The molecule has 0 radical (unpaired) electrons. The van der Waals surface area contributed by atoms with E-state index in [4.69, 9.17) is 14.2 Å². The minimum Gasteiger partial charge on any atom is -0.452 e. The molecule has 0 spiro atoms. The molecule has 1 aromatic heterocycles. The molecule has 9 nitrogen and oxygen atoms in total. The predicted molar refractivity (Wildman–Crippen MR) is 122 cm³/mol. The first-order chi connectivity index (χ1) is 16.4. The third kappa shape index (κ3) is 4.69. The van der Waals surface area contributed by atoms with Crippen LogP contribution >= 0.6 is 0 Å². The van der Waals surface area contributed by atoms with E-state index in [0.29, 0.717) is 17.5 Å². The summed E-state index contributed by atoms with van der Waals surface area (Å²) in [5, 5.41) is 0. The number of ether oxygens (including phenoxy) is 3. The van der Waals surface area contributed by atoms with Crippen molar-refractivity contribution in [3.8, 4) is 0 Å². The smallest absolute Gasteiger partial charge is 0.338 e.